The van der Waals surface area contributed by atoms with Crippen LogP contribution in [0.2, 0.25) is 0 Å². The summed E-state index contributed by atoms with van der Waals surface area (Å²) in [6, 6.07) is 5.34. The summed E-state index contributed by atoms with van der Waals surface area (Å²) >= 11 is 0. The van der Waals surface area contributed by atoms with E-state index in [9.17, 15) is 14.4 Å². The van der Waals surface area contributed by atoms with Crippen molar-refractivity contribution in [3.05, 3.63) is 35.4 Å². The number of nitrogens with zero attached hydrogens (tertiary/aromatic N) is 1. The Labute approximate surface area is 224 Å². The molecule has 0 aliphatic rings. The van der Waals surface area contributed by atoms with Crippen LogP contribution in [0, 0.1) is 18.3 Å². The van der Waals surface area contributed by atoms with Crippen LogP contribution in [0.1, 0.15) is 105 Å². The monoisotopic (exact) mass is 513 g/mol. The zero-order valence-corrected chi connectivity index (χ0v) is 24.2. The highest BCUT2D eigenvalue weighted by Gasteiger charge is 2.42. The fourth-order valence-corrected chi connectivity index (χ4v) is 4.02. The molecule has 0 aliphatic heterocycles. The molecule has 0 aromatic heterocycles. The molecular formula is C30H47N3O4. The molecule has 0 bridgehead atoms. The van der Waals surface area contributed by atoms with Crippen LogP contribution in [0.3, 0.4) is 0 Å². The van der Waals surface area contributed by atoms with Crippen LogP contribution in [-0.2, 0) is 14.3 Å². The Kier molecular flexibility index (Phi) is 12.2. The maximum atomic E-state index is 14.2. The van der Waals surface area contributed by atoms with Gasteiger partial charge in [-0.3, -0.25) is 9.59 Å². The maximum Gasteiger partial charge on any atom is 0.408 e. The van der Waals surface area contributed by atoms with Crippen molar-refractivity contribution < 1.29 is 19.1 Å². The number of hydrogen-bond acceptors (Lipinski definition) is 4. The van der Waals surface area contributed by atoms with Crippen LogP contribution in [0.25, 0.3) is 0 Å². The molecule has 2 atom stereocenters. The van der Waals surface area contributed by atoms with E-state index in [2.05, 4.69) is 23.5 Å². The molecule has 0 aliphatic carbocycles. The fourth-order valence-electron chi connectivity index (χ4n) is 4.02. The average Bonchev–Trinajstić information content (AvgIpc) is 2.77. The normalized spacial score (nSPS) is 13.3. The Morgan fingerprint density at radius 1 is 1.03 bits per heavy atom. The lowest BCUT2D eigenvalue weighted by Gasteiger charge is -2.43. The Morgan fingerprint density at radius 3 is 2.08 bits per heavy atom. The van der Waals surface area contributed by atoms with Crippen LogP contribution < -0.4 is 10.6 Å². The SMILES string of the molecule is C#Cc1ccc(C(C(=O)NCCCCC)N(C(=O)C(CC(C)C)NC(=O)OC(C)(C)C)C(C)(C)C)cc1. The first-order valence-corrected chi connectivity index (χ1v) is 13.3. The van der Waals surface area contributed by atoms with Crippen LogP contribution in [0.4, 0.5) is 4.79 Å². The second kappa shape index (κ2) is 14.1. The average molecular weight is 514 g/mol. The molecule has 3 amide bonds. The highest BCUT2D eigenvalue weighted by atomic mass is 16.6. The Bertz CT molecular complexity index is 934. The van der Waals surface area contributed by atoms with Gasteiger partial charge in [0.25, 0.3) is 0 Å². The third kappa shape index (κ3) is 10.9. The zero-order chi connectivity index (χ0) is 28.4. The fraction of sp³-hybridized carbons (Fsp3) is 0.633. The number of alkyl carbamates (subject to hydrolysis) is 1. The third-order valence-electron chi connectivity index (χ3n) is 5.64. The number of carbonyl (C=O) groups is 3. The van der Waals surface area contributed by atoms with Crippen molar-refractivity contribution in [2.75, 3.05) is 6.54 Å². The highest BCUT2D eigenvalue weighted by Crippen LogP contribution is 2.31. The second-order valence-corrected chi connectivity index (χ2v) is 11.9. The molecule has 0 saturated heterocycles. The van der Waals surface area contributed by atoms with E-state index in [4.69, 9.17) is 11.2 Å². The minimum absolute atomic E-state index is 0.113. The summed E-state index contributed by atoms with van der Waals surface area (Å²) in [6.07, 6.45) is 8.15. The molecule has 1 aromatic carbocycles. The van der Waals surface area contributed by atoms with Gasteiger partial charge in [0, 0.05) is 17.6 Å². The largest absolute Gasteiger partial charge is 0.444 e. The van der Waals surface area contributed by atoms with Crippen molar-refractivity contribution in [2.24, 2.45) is 5.92 Å². The summed E-state index contributed by atoms with van der Waals surface area (Å²) in [7, 11) is 0. The molecule has 37 heavy (non-hydrogen) atoms. The first-order valence-electron chi connectivity index (χ1n) is 13.3. The molecule has 2 unspecified atom stereocenters. The summed E-state index contributed by atoms with van der Waals surface area (Å²) in [5, 5.41) is 5.79. The van der Waals surface area contributed by atoms with Crippen molar-refractivity contribution in [2.45, 2.75) is 111 Å². The van der Waals surface area contributed by atoms with Gasteiger partial charge >= 0.3 is 6.09 Å². The lowest BCUT2D eigenvalue weighted by atomic mass is 9.93. The molecule has 206 valence electrons. The van der Waals surface area contributed by atoms with Crippen molar-refractivity contribution >= 4 is 17.9 Å². The van der Waals surface area contributed by atoms with Gasteiger partial charge in [-0.15, -0.1) is 6.42 Å². The predicted octanol–water partition coefficient (Wildman–Crippen LogP) is 5.58. The van der Waals surface area contributed by atoms with E-state index in [1.54, 1.807) is 49.9 Å². The van der Waals surface area contributed by atoms with Gasteiger partial charge in [-0.1, -0.05) is 51.7 Å². The number of terminal acetylenes is 1. The summed E-state index contributed by atoms with van der Waals surface area (Å²) in [5.74, 6) is 2.09. The lowest BCUT2D eigenvalue weighted by molar-refractivity contribution is -0.148. The van der Waals surface area contributed by atoms with Gasteiger partial charge in [-0.05, 0) is 78.0 Å². The Balaban J connectivity index is 3.51. The first kappa shape index (κ1) is 32.0. The summed E-state index contributed by atoms with van der Waals surface area (Å²) in [5.41, 5.74) is -0.114. The summed E-state index contributed by atoms with van der Waals surface area (Å²) in [6.45, 7) is 17.6. The van der Waals surface area contributed by atoms with E-state index >= 15 is 0 Å². The number of ether oxygens (including phenoxy) is 1. The molecule has 1 aromatic rings. The van der Waals surface area contributed by atoms with E-state index in [-0.39, 0.29) is 17.7 Å². The molecule has 1 rings (SSSR count). The van der Waals surface area contributed by atoms with Crippen LogP contribution in [0.5, 0.6) is 0 Å². The minimum atomic E-state index is -0.906. The number of nitrogens with one attached hydrogen (secondary N) is 2. The Hall–Kier alpha value is -3.01. The van der Waals surface area contributed by atoms with Crippen LogP contribution >= 0.6 is 0 Å². The van der Waals surface area contributed by atoms with Crippen LogP contribution in [0.15, 0.2) is 24.3 Å². The minimum Gasteiger partial charge on any atom is -0.444 e. The van der Waals surface area contributed by atoms with E-state index in [1.807, 2.05) is 34.6 Å². The molecule has 0 spiro atoms. The predicted molar refractivity (Wildman–Crippen MR) is 149 cm³/mol. The van der Waals surface area contributed by atoms with Gasteiger partial charge in [0.2, 0.25) is 11.8 Å². The van der Waals surface area contributed by atoms with Crippen LogP contribution in [-0.4, -0.2) is 46.5 Å². The third-order valence-corrected chi connectivity index (χ3v) is 5.64. The molecule has 0 heterocycles. The second-order valence-electron chi connectivity index (χ2n) is 11.9. The standard InChI is InChI=1S/C30H47N3O4/c1-11-13-14-19-31-26(34)25(23-17-15-22(12-2)16-18-23)33(29(5,6)7)27(35)24(20-21(3)4)32-28(36)37-30(8,9)10/h2,15-18,21,24-25H,11,13-14,19-20H2,1,3-10H3,(H,31,34)(H,32,36). The molecule has 0 fully saturated rings. The van der Waals surface area contributed by atoms with E-state index in [1.165, 1.54) is 0 Å². The maximum absolute atomic E-state index is 14.2. The van der Waals surface area contributed by atoms with Gasteiger partial charge in [-0.2, -0.15) is 0 Å². The molecule has 2 N–H and O–H groups in total. The molecule has 0 radical (unpaired) electrons. The van der Waals surface area contributed by atoms with E-state index in [0.29, 0.717) is 24.1 Å². The van der Waals surface area contributed by atoms with Gasteiger partial charge in [-0.25, -0.2) is 4.79 Å². The van der Waals surface area contributed by atoms with Gasteiger partial charge in [0.15, 0.2) is 0 Å². The number of hydrogen-bond donors (Lipinski definition) is 2. The molecule has 0 saturated carbocycles. The quantitative estimate of drug-likeness (QED) is 0.299. The number of rotatable bonds is 11. The van der Waals surface area contributed by atoms with Crippen molar-refractivity contribution in [3.63, 3.8) is 0 Å². The number of benzene rings is 1. The van der Waals surface area contributed by atoms with Gasteiger partial charge < -0.3 is 20.3 Å². The number of unbranched alkanes of at least 4 members (excludes halogenated alkanes) is 2. The van der Waals surface area contributed by atoms with Crippen molar-refractivity contribution in [1.82, 2.24) is 15.5 Å². The smallest absolute Gasteiger partial charge is 0.408 e. The van der Waals surface area contributed by atoms with Gasteiger partial charge in [0.1, 0.15) is 17.7 Å². The van der Waals surface area contributed by atoms with Crippen molar-refractivity contribution in [3.8, 4) is 12.3 Å². The lowest BCUT2D eigenvalue weighted by Crippen LogP contribution is -2.58. The molecule has 7 heteroatoms. The Morgan fingerprint density at radius 2 is 1.62 bits per heavy atom. The van der Waals surface area contributed by atoms with E-state index in [0.717, 1.165) is 19.3 Å². The summed E-state index contributed by atoms with van der Waals surface area (Å²) < 4.78 is 5.44. The zero-order valence-electron chi connectivity index (χ0n) is 24.2. The number of carbonyl (C=O) groups excluding carboxylic acids is 3. The van der Waals surface area contributed by atoms with Gasteiger partial charge in [0.05, 0.1) is 0 Å². The highest BCUT2D eigenvalue weighted by molar-refractivity contribution is 5.92. The van der Waals surface area contributed by atoms with Crippen molar-refractivity contribution in [1.29, 1.82) is 0 Å². The first-order chi connectivity index (χ1) is 17.1. The molecule has 7 nitrogen and oxygen atoms in total. The topological polar surface area (TPSA) is 87.7 Å². The number of amides is 3. The molecular weight excluding hydrogens is 466 g/mol. The summed E-state index contributed by atoms with van der Waals surface area (Å²) in [4.78, 5) is 42.1. The van der Waals surface area contributed by atoms with E-state index < -0.39 is 29.3 Å².